The summed E-state index contributed by atoms with van der Waals surface area (Å²) in [5.41, 5.74) is 0. The van der Waals surface area contributed by atoms with E-state index in [2.05, 4.69) is 43.5 Å². The Bertz CT molecular complexity index is 1010. The van der Waals surface area contributed by atoms with Gasteiger partial charge < -0.3 is 40.3 Å². The summed E-state index contributed by atoms with van der Waals surface area (Å²) in [7, 11) is 0. The second kappa shape index (κ2) is 42.6. The zero-order valence-corrected chi connectivity index (χ0v) is 39.7. The van der Waals surface area contributed by atoms with Crippen molar-refractivity contribution >= 4 is 5.91 Å². The molecule has 7 unspecified atom stereocenters. The van der Waals surface area contributed by atoms with Crippen molar-refractivity contribution in [2.75, 3.05) is 13.2 Å². The van der Waals surface area contributed by atoms with E-state index in [1.807, 2.05) is 0 Å². The Balaban J connectivity index is 2.05. The fraction of sp³-hybridized carbons (Fsp3) is 0.904. The lowest BCUT2D eigenvalue weighted by Gasteiger charge is -2.40. The highest BCUT2D eigenvalue weighted by molar-refractivity contribution is 5.76. The van der Waals surface area contributed by atoms with E-state index in [0.29, 0.717) is 12.8 Å². The van der Waals surface area contributed by atoms with E-state index in [9.17, 15) is 30.3 Å². The normalized spacial score (nSPS) is 20.5. The summed E-state index contributed by atoms with van der Waals surface area (Å²) in [6, 6.07) is -0.713. The van der Waals surface area contributed by atoms with Crippen LogP contribution in [-0.2, 0) is 14.3 Å². The van der Waals surface area contributed by atoms with Crippen molar-refractivity contribution in [2.45, 2.75) is 288 Å². The van der Waals surface area contributed by atoms with Crippen LogP contribution in [0.1, 0.15) is 245 Å². The average molecular weight is 866 g/mol. The Morgan fingerprint density at radius 3 is 1.41 bits per heavy atom. The minimum atomic E-state index is -1.55. The SMILES string of the molecule is CCCCCCC/C=C\C/C=C\CCCCCCCCCCCCCCCCCCCCCC(=O)NC(COC1OC(CO)C(O)C(O)C1O)C(O)CCCCCCCCC. The van der Waals surface area contributed by atoms with E-state index in [1.54, 1.807) is 0 Å². The highest BCUT2D eigenvalue weighted by Crippen LogP contribution is 2.23. The second-order valence-electron chi connectivity index (χ2n) is 18.3. The van der Waals surface area contributed by atoms with Crippen molar-refractivity contribution in [3.8, 4) is 0 Å². The minimum absolute atomic E-state index is 0.136. The standard InChI is InChI=1S/C52H99NO8/c1-3-5-7-9-11-12-13-14-15-16-17-18-19-20-21-22-23-24-25-26-27-28-29-30-31-32-33-34-36-38-40-42-48(56)53-45(46(55)41-39-37-35-10-8-6-4-2)44-60-52-51(59)50(58)49(57)47(43-54)61-52/h13-14,16-17,45-47,49-52,54-55,57-59H,3-12,15,18-44H2,1-2H3,(H,53,56)/b14-13-,17-16-. The number of carbonyl (C=O) groups excluding carboxylic acids is 1. The first-order chi connectivity index (χ1) is 29.8. The van der Waals surface area contributed by atoms with Crippen LogP contribution in [0.3, 0.4) is 0 Å². The molecule has 0 bridgehead atoms. The van der Waals surface area contributed by atoms with Crippen LogP contribution in [0.4, 0.5) is 0 Å². The van der Waals surface area contributed by atoms with E-state index in [4.69, 9.17) is 9.47 Å². The van der Waals surface area contributed by atoms with Crippen LogP contribution in [0.2, 0.25) is 0 Å². The third-order valence-electron chi connectivity index (χ3n) is 12.6. The van der Waals surface area contributed by atoms with Gasteiger partial charge in [-0.15, -0.1) is 0 Å². The largest absolute Gasteiger partial charge is 0.394 e. The van der Waals surface area contributed by atoms with E-state index in [1.165, 1.54) is 173 Å². The van der Waals surface area contributed by atoms with Gasteiger partial charge in [-0.2, -0.15) is 0 Å². The zero-order chi connectivity index (χ0) is 44.4. The molecule has 0 aromatic heterocycles. The molecule has 1 rings (SSSR count). The lowest BCUT2D eigenvalue weighted by atomic mass is 9.99. The molecule has 9 heteroatoms. The Labute approximate surface area is 375 Å². The van der Waals surface area contributed by atoms with Gasteiger partial charge in [0.05, 0.1) is 25.4 Å². The number of hydrogen-bond donors (Lipinski definition) is 6. The van der Waals surface area contributed by atoms with Crippen molar-refractivity contribution in [2.24, 2.45) is 0 Å². The first kappa shape index (κ1) is 57.7. The quantitative estimate of drug-likeness (QED) is 0.0262. The van der Waals surface area contributed by atoms with E-state index < -0.39 is 49.5 Å². The number of unbranched alkanes of at least 4 members (excludes halogenated alkanes) is 30. The van der Waals surface area contributed by atoms with Crippen LogP contribution in [0.25, 0.3) is 0 Å². The summed E-state index contributed by atoms with van der Waals surface area (Å²) in [4.78, 5) is 12.9. The third-order valence-corrected chi connectivity index (χ3v) is 12.6. The summed E-state index contributed by atoms with van der Waals surface area (Å²) in [5.74, 6) is -0.145. The maximum atomic E-state index is 12.9. The molecule has 6 N–H and O–H groups in total. The Morgan fingerprint density at radius 2 is 0.967 bits per heavy atom. The molecule has 1 saturated heterocycles. The van der Waals surface area contributed by atoms with Gasteiger partial charge >= 0.3 is 0 Å². The van der Waals surface area contributed by atoms with Crippen LogP contribution in [0.15, 0.2) is 24.3 Å². The number of carbonyl (C=O) groups is 1. The van der Waals surface area contributed by atoms with Crippen molar-refractivity contribution in [3.05, 3.63) is 24.3 Å². The maximum absolute atomic E-state index is 12.9. The Hall–Kier alpha value is -1.33. The summed E-state index contributed by atoms with van der Waals surface area (Å²) < 4.78 is 11.2. The third kappa shape index (κ3) is 32.9. The highest BCUT2D eigenvalue weighted by atomic mass is 16.7. The fourth-order valence-electron chi connectivity index (χ4n) is 8.37. The van der Waals surface area contributed by atoms with E-state index >= 15 is 0 Å². The van der Waals surface area contributed by atoms with Crippen LogP contribution in [0.5, 0.6) is 0 Å². The number of amides is 1. The van der Waals surface area contributed by atoms with Crippen LogP contribution in [0, 0.1) is 0 Å². The van der Waals surface area contributed by atoms with Crippen LogP contribution >= 0.6 is 0 Å². The molecule has 9 nitrogen and oxygen atoms in total. The first-order valence-electron chi connectivity index (χ1n) is 26.0. The number of aliphatic hydroxyl groups is 5. The van der Waals surface area contributed by atoms with E-state index in [-0.39, 0.29) is 12.5 Å². The molecule has 0 radical (unpaired) electrons. The molecule has 0 aromatic rings. The van der Waals surface area contributed by atoms with Crippen molar-refractivity contribution in [1.29, 1.82) is 0 Å². The summed E-state index contributed by atoms with van der Waals surface area (Å²) in [6.07, 6.45) is 45.3. The number of nitrogens with one attached hydrogen (secondary N) is 1. The molecule has 1 amide bonds. The molecular formula is C52H99NO8. The lowest BCUT2D eigenvalue weighted by molar-refractivity contribution is -0.302. The van der Waals surface area contributed by atoms with Gasteiger partial charge in [-0.3, -0.25) is 4.79 Å². The van der Waals surface area contributed by atoms with Crippen LogP contribution in [-0.4, -0.2) is 87.5 Å². The number of hydrogen-bond acceptors (Lipinski definition) is 8. The van der Waals surface area contributed by atoms with Gasteiger partial charge in [-0.25, -0.2) is 0 Å². The Morgan fingerprint density at radius 1 is 0.557 bits per heavy atom. The Kier molecular flexibility index (Phi) is 40.3. The van der Waals surface area contributed by atoms with Crippen molar-refractivity contribution in [1.82, 2.24) is 5.32 Å². The smallest absolute Gasteiger partial charge is 0.220 e. The number of ether oxygens (including phenoxy) is 2. The summed E-state index contributed by atoms with van der Waals surface area (Å²) >= 11 is 0. The predicted molar refractivity (Wildman–Crippen MR) is 253 cm³/mol. The van der Waals surface area contributed by atoms with Gasteiger partial charge in [0.15, 0.2) is 6.29 Å². The number of allylic oxidation sites excluding steroid dienone is 4. The fourth-order valence-corrected chi connectivity index (χ4v) is 8.37. The molecule has 1 aliphatic rings. The predicted octanol–water partition coefficient (Wildman–Crippen LogP) is 11.8. The van der Waals surface area contributed by atoms with Gasteiger partial charge in [0.25, 0.3) is 0 Å². The molecule has 1 fully saturated rings. The second-order valence-corrected chi connectivity index (χ2v) is 18.3. The monoisotopic (exact) mass is 866 g/mol. The molecule has 0 aliphatic carbocycles. The lowest BCUT2D eigenvalue weighted by Crippen LogP contribution is -2.60. The van der Waals surface area contributed by atoms with Crippen LogP contribution < -0.4 is 5.32 Å². The maximum Gasteiger partial charge on any atom is 0.220 e. The van der Waals surface area contributed by atoms with Gasteiger partial charge in [0.2, 0.25) is 5.91 Å². The molecule has 0 aromatic carbocycles. The van der Waals surface area contributed by atoms with Gasteiger partial charge in [0.1, 0.15) is 24.4 Å². The van der Waals surface area contributed by atoms with Crippen molar-refractivity contribution < 1.29 is 39.8 Å². The van der Waals surface area contributed by atoms with Gasteiger partial charge in [-0.1, -0.05) is 218 Å². The minimum Gasteiger partial charge on any atom is -0.394 e. The molecule has 360 valence electrons. The van der Waals surface area contributed by atoms with Gasteiger partial charge in [-0.05, 0) is 44.9 Å². The average Bonchev–Trinajstić information content (AvgIpc) is 3.26. The molecule has 61 heavy (non-hydrogen) atoms. The first-order valence-corrected chi connectivity index (χ1v) is 26.0. The molecular weight excluding hydrogens is 767 g/mol. The molecule has 7 atom stereocenters. The van der Waals surface area contributed by atoms with Crippen molar-refractivity contribution in [3.63, 3.8) is 0 Å². The van der Waals surface area contributed by atoms with Gasteiger partial charge in [0, 0.05) is 6.42 Å². The van der Waals surface area contributed by atoms with E-state index in [0.717, 1.165) is 44.9 Å². The summed E-state index contributed by atoms with van der Waals surface area (Å²) in [6.45, 7) is 3.78. The summed E-state index contributed by atoms with van der Waals surface area (Å²) in [5, 5.41) is 54.1. The molecule has 1 heterocycles. The molecule has 0 spiro atoms. The highest BCUT2D eigenvalue weighted by Gasteiger charge is 2.44. The molecule has 1 aliphatic heterocycles. The topological polar surface area (TPSA) is 149 Å². The molecule has 0 saturated carbocycles. The zero-order valence-electron chi connectivity index (χ0n) is 39.7. The number of aliphatic hydroxyl groups excluding tert-OH is 5. The number of rotatable bonds is 44.